The maximum absolute atomic E-state index is 11.7. The molecule has 0 saturated heterocycles. The number of ether oxygens (including phenoxy) is 3. The van der Waals surface area contributed by atoms with Crippen LogP contribution in [0.1, 0.15) is 33.5 Å². The van der Waals surface area contributed by atoms with Gasteiger partial charge in [0.05, 0.1) is 12.0 Å². The summed E-state index contributed by atoms with van der Waals surface area (Å²) in [6, 6.07) is 3.59. The normalized spacial score (nSPS) is 17.3. The molecule has 0 amide bonds. The number of thiophene rings is 1. The summed E-state index contributed by atoms with van der Waals surface area (Å²) in [6.07, 6.45) is 13.2. The highest BCUT2D eigenvalue weighted by molar-refractivity contribution is 7.14. The Morgan fingerprint density at radius 2 is 2.32 bits per heavy atom. The van der Waals surface area contributed by atoms with E-state index in [4.69, 9.17) is 19.0 Å². The van der Waals surface area contributed by atoms with Gasteiger partial charge in [0.2, 0.25) is 0 Å². The van der Waals surface area contributed by atoms with Gasteiger partial charge in [-0.05, 0) is 30.5 Å². The summed E-state index contributed by atoms with van der Waals surface area (Å²) in [5.74, 6) is 0.0703. The van der Waals surface area contributed by atoms with Crippen molar-refractivity contribution in [1.82, 2.24) is 0 Å². The van der Waals surface area contributed by atoms with Crippen molar-refractivity contribution in [2.75, 3.05) is 7.11 Å². The van der Waals surface area contributed by atoms with E-state index >= 15 is 0 Å². The molecule has 1 aliphatic carbocycles. The van der Waals surface area contributed by atoms with Gasteiger partial charge in [0.25, 0.3) is 0 Å². The zero-order chi connectivity index (χ0) is 17.5. The zero-order valence-electron chi connectivity index (χ0n) is 13.6. The minimum absolute atomic E-state index is 0.360. The Balaban J connectivity index is 1.77. The lowest BCUT2D eigenvalue weighted by Gasteiger charge is -2.18. The second-order valence-corrected chi connectivity index (χ2v) is 6.28. The second-order valence-electron chi connectivity index (χ2n) is 5.17. The van der Waals surface area contributed by atoms with Crippen LogP contribution in [0.4, 0.5) is 0 Å². The van der Waals surface area contributed by atoms with Gasteiger partial charge >= 0.3 is 5.97 Å². The lowest BCUT2D eigenvalue weighted by molar-refractivity contribution is 0.0606. The molecule has 2 aliphatic rings. The van der Waals surface area contributed by atoms with E-state index in [0.29, 0.717) is 10.6 Å². The van der Waals surface area contributed by atoms with Gasteiger partial charge in [-0.2, -0.15) is 0 Å². The van der Waals surface area contributed by atoms with Gasteiger partial charge in [0.15, 0.2) is 11.9 Å². The van der Waals surface area contributed by atoms with Crippen molar-refractivity contribution in [3.63, 3.8) is 0 Å². The number of oxime groups is 1. The first kappa shape index (κ1) is 17.0. The Morgan fingerprint density at radius 1 is 1.40 bits per heavy atom. The van der Waals surface area contributed by atoms with Crippen LogP contribution in [0.2, 0.25) is 0 Å². The summed E-state index contributed by atoms with van der Waals surface area (Å²) in [5.41, 5.74) is 1.09. The van der Waals surface area contributed by atoms with Crippen LogP contribution in [-0.2, 0) is 19.0 Å². The zero-order valence-corrected chi connectivity index (χ0v) is 14.4. The van der Waals surface area contributed by atoms with Gasteiger partial charge in [-0.3, -0.25) is 0 Å². The Labute approximate surface area is 149 Å². The van der Waals surface area contributed by atoms with E-state index in [1.54, 1.807) is 6.07 Å². The molecular formula is C18H17NO5S. The average Bonchev–Trinajstić information content (AvgIpc) is 3.16. The molecule has 130 valence electrons. The summed E-state index contributed by atoms with van der Waals surface area (Å²) >= 11 is 1.33. The molecule has 0 fully saturated rings. The molecule has 6 nitrogen and oxygen atoms in total. The Morgan fingerprint density at radius 3 is 3.04 bits per heavy atom. The molecule has 1 aromatic heterocycles. The number of rotatable bonds is 6. The molecular weight excluding hydrogens is 342 g/mol. The third-order valence-corrected chi connectivity index (χ3v) is 4.63. The summed E-state index contributed by atoms with van der Waals surface area (Å²) in [5, 5.41) is 4.01. The predicted molar refractivity (Wildman–Crippen MR) is 93.8 cm³/mol. The van der Waals surface area contributed by atoms with Crippen LogP contribution in [0.5, 0.6) is 0 Å². The monoisotopic (exact) mass is 359 g/mol. The molecule has 1 unspecified atom stereocenters. The average molecular weight is 359 g/mol. The summed E-state index contributed by atoms with van der Waals surface area (Å²) < 4.78 is 15.0. The van der Waals surface area contributed by atoms with Crippen LogP contribution in [0.3, 0.4) is 0 Å². The van der Waals surface area contributed by atoms with E-state index in [0.717, 1.165) is 23.3 Å². The Bertz CT molecular complexity index is 772. The van der Waals surface area contributed by atoms with E-state index in [2.05, 4.69) is 11.2 Å². The molecule has 0 radical (unpaired) electrons. The highest BCUT2D eigenvalue weighted by Crippen LogP contribution is 2.35. The molecule has 7 heteroatoms. The van der Waals surface area contributed by atoms with Gasteiger partial charge in [0, 0.05) is 0 Å². The number of esters is 1. The van der Waals surface area contributed by atoms with Crippen LogP contribution in [-0.4, -0.2) is 19.3 Å². The first-order valence-corrected chi connectivity index (χ1v) is 8.49. The third kappa shape index (κ3) is 4.39. The van der Waals surface area contributed by atoms with Crippen molar-refractivity contribution in [2.45, 2.75) is 18.9 Å². The van der Waals surface area contributed by atoms with Crippen LogP contribution >= 0.6 is 11.3 Å². The van der Waals surface area contributed by atoms with Gasteiger partial charge in [-0.15, -0.1) is 11.3 Å². The largest absolute Gasteiger partial charge is 0.465 e. The van der Waals surface area contributed by atoms with Crippen molar-refractivity contribution >= 4 is 23.5 Å². The molecule has 0 N–H and O–H groups in total. The number of methoxy groups -OCH3 is 1. The standard InChI is InChI=1S/C18H17NO5S/c1-21-18(20)16-8-7-15(25-16)17(13-5-3-2-4-6-13)24-19-11-14-12-22-9-10-23-14/h2-3,5,7-12,17H,4,6H2,1H3. The summed E-state index contributed by atoms with van der Waals surface area (Å²) in [4.78, 5) is 18.8. The number of allylic oxidation sites excluding steroid dienone is 4. The fourth-order valence-corrected chi connectivity index (χ4v) is 3.32. The van der Waals surface area contributed by atoms with E-state index in [-0.39, 0.29) is 12.1 Å². The first-order valence-electron chi connectivity index (χ1n) is 7.68. The van der Waals surface area contributed by atoms with Crippen molar-refractivity contribution in [3.05, 3.63) is 70.2 Å². The molecule has 0 aromatic carbocycles. The topological polar surface area (TPSA) is 66.4 Å². The van der Waals surface area contributed by atoms with Crippen molar-refractivity contribution in [3.8, 4) is 0 Å². The number of hydrogen-bond donors (Lipinski definition) is 0. The van der Waals surface area contributed by atoms with Crippen LogP contribution in [0.25, 0.3) is 0 Å². The molecule has 1 aromatic rings. The quantitative estimate of drug-likeness (QED) is 0.432. The first-order chi connectivity index (χ1) is 12.3. The third-order valence-electron chi connectivity index (χ3n) is 3.52. The van der Waals surface area contributed by atoms with Gasteiger partial charge < -0.3 is 19.0 Å². The van der Waals surface area contributed by atoms with Gasteiger partial charge in [-0.25, -0.2) is 4.79 Å². The Hall–Kier alpha value is -2.80. The minimum atomic E-state index is -0.370. The van der Waals surface area contributed by atoms with E-state index < -0.39 is 0 Å². The summed E-state index contributed by atoms with van der Waals surface area (Å²) in [6.45, 7) is 0. The fourth-order valence-electron chi connectivity index (χ4n) is 2.32. The second kappa shape index (κ2) is 8.34. The van der Waals surface area contributed by atoms with Crippen molar-refractivity contribution in [2.24, 2.45) is 5.16 Å². The lowest BCUT2D eigenvalue weighted by atomic mass is 9.99. The smallest absolute Gasteiger partial charge is 0.348 e. The molecule has 0 spiro atoms. The fraction of sp³-hybridized carbons (Fsp3) is 0.222. The van der Waals surface area contributed by atoms with E-state index in [1.807, 2.05) is 18.2 Å². The van der Waals surface area contributed by atoms with Gasteiger partial charge in [-0.1, -0.05) is 23.4 Å². The molecule has 0 bridgehead atoms. The Kier molecular flexibility index (Phi) is 5.69. The molecule has 1 atom stereocenters. The number of carbonyl (C=O) groups excluding carboxylic acids is 1. The highest BCUT2D eigenvalue weighted by Gasteiger charge is 2.22. The number of carbonyl (C=O) groups is 1. The molecule has 3 rings (SSSR count). The number of nitrogens with zero attached hydrogens (tertiary/aromatic N) is 1. The lowest BCUT2D eigenvalue weighted by Crippen LogP contribution is -2.05. The molecule has 2 heterocycles. The molecule has 1 aliphatic heterocycles. The SMILES string of the molecule is COC(=O)c1ccc(C(ON=CC2=COC=CO2)C2=CC=CCC2)s1. The van der Waals surface area contributed by atoms with Crippen LogP contribution in [0.15, 0.2) is 65.6 Å². The van der Waals surface area contributed by atoms with Crippen LogP contribution < -0.4 is 0 Å². The molecule has 25 heavy (non-hydrogen) atoms. The van der Waals surface area contributed by atoms with Crippen molar-refractivity contribution in [1.29, 1.82) is 0 Å². The molecule has 0 saturated carbocycles. The highest BCUT2D eigenvalue weighted by atomic mass is 32.1. The summed E-state index contributed by atoms with van der Waals surface area (Å²) in [7, 11) is 1.36. The van der Waals surface area contributed by atoms with Crippen LogP contribution in [0, 0.1) is 0 Å². The predicted octanol–water partition coefficient (Wildman–Crippen LogP) is 4.21. The minimum Gasteiger partial charge on any atom is -0.465 e. The van der Waals surface area contributed by atoms with E-state index in [1.165, 1.54) is 43.4 Å². The maximum atomic E-state index is 11.7. The van der Waals surface area contributed by atoms with E-state index in [9.17, 15) is 4.79 Å². The maximum Gasteiger partial charge on any atom is 0.348 e. The number of hydrogen-bond acceptors (Lipinski definition) is 7. The van der Waals surface area contributed by atoms with Crippen molar-refractivity contribution < 1.29 is 23.8 Å². The van der Waals surface area contributed by atoms with Gasteiger partial charge in [0.1, 0.15) is 29.9 Å².